The van der Waals surface area contributed by atoms with Crippen molar-refractivity contribution in [2.45, 2.75) is 39.2 Å². The van der Waals surface area contributed by atoms with Crippen LogP contribution in [-0.4, -0.2) is 6.54 Å². The van der Waals surface area contributed by atoms with Gasteiger partial charge in [0.25, 0.3) is 0 Å². The van der Waals surface area contributed by atoms with Gasteiger partial charge < -0.3 is 5.32 Å². The molecule has 0 aromatic heterocycles. The van der Waals surface area contributed by atoms with Crippen molar-refractivity contribution in [3.05, 3.63) is 35.4 Å². The molecule has 1 atom stereocenters. The molecule has 1 saturated carbocycles. The van der Waals surface area contributed by atoms with Crippen molar-refractivity contribution < 1.29 is 0 Å². The van der Waals surface area contributed by atoms with E-state index in [1.165, 1.54) is 36.9 Å². The molecule has 82 valence electrons. The van der Waals surface area contributed by atoms with Crippen LogP contribution in [0.2, 0.25) is 0 Å². The molecule has 0 amide bonds. The Balaban J connectivity index is 1.86. The molecule has 1 aliphatic rings. The highest BCUT2D eigenvalue weighted by atomic mass is 14.9. The van der Waals surface area contributed by atoms with E-state index in [9.17, 15) is 0 Å². The van der Waals surface area contributed by atoms with Crippen molar-refractivity contribution in [3.8, 4) is 0 Å². The minimum absolute atomic E-state index is 0.491. The summed E-state index contributed by atoms with van der Waals surface area (Å²) in [6.07, 6.45) is 4.28. The molecule has 1 heteroatoms. The van der Waals surface area contributed by atoms with E-state index in [1.54, 1.807) is 0 Å². The van der Waals surface area contributed by atoms with E-state index in [-0.39, 0.29) is 0 Å². The summed E-state index contributed by atoms with van der Waals surface area (Å²) in [7, 11) is 0. The molecule has 0 spiro atoms. The lowest BCUT2D eigenvalue weighted by molar-refractivity contribution is 0.292. The number of benzene rings is 1. The number of hydrogen-bond acceptors (Lipinski definition) is 1. The Labute approximate surface area is 92.9 Å². The predicted octanol–water partition coefficient (Wildman–Crippen LogP) is 3.45. The Hall–Kier alpha value is -0.820. The van der Waals surface area contributed by atoms with Gasteiger partial charge in [0.15, 0.2) is 0 Å². The number of hydrogen-bond donors (Lipinski definition) is 1. The number of nitrogens with one attached hydrogen (secondary N) is 1. The zero-order valence-corrected chi connectivity index (χ0v) is 9.79. The van der Waals surface area contributed by atoms with E-state index in [1.807, 2.05) is 0 Å². The Kier molecular flexibility index (Phi) is 3.42. The number of rotatable bonds is 4. The van der Waals surface area contributed by atoms with E-state index in [4.69, 9.17) is 0 Å². The lowest BCUT2D eigenvalue weighted by Crippen LogP contribution is -2.29. The van der Waals surface area contributed by atoms with Crippen LogP contribution >= 0.6 is 0 Å². The van der Waals surface area contributed by atoms with Gasteiger partial charge in [-0.05, 0) is 44.7 Å². The molecular formula is C14H21N. The van der Waals surface area contributed by atoms with E-state index in [0.29, 0.717) is 6.04 Å². The van der Waals surface area contributed by atoms with Gasteiger partial charge in [0.2, 0.25) is 0 Å². The molecule has 1 aromatic carbocycles. The van der Waals surface area contributed by atoms with E-state index >= 15 is 0 Å². The second kappa shape index (κ2) is 4.80. The minimum atomic E-state index is 0.491. The van der Waals surface area contributed by atoms with Crippen LogP contribution in [0.5, 0.6) is 0 Å². The Bertz CT molecular complexity index is 315. The summed E-state index contributed by atoms with van der Waals surface area (Å²) >= 11 is 0. The molecule has 0 saturated heterocycles. The first-order chi connectivity index (χ1) is 7.25. The second-order valence-electron chi connectivity index (χ2n) is 4.84. The zero-order valence-electron chi connectivity index (χ0n) is 9.79. The van der Waals surface area contributed by atoms with Crippen LogP contribution < -0.4 is 5.32 Å². The molecule has 0 heterocycles. The summed E-state index contributed by atoms with van der Waals surface area (Å²) in [6, 6.07) is 9.28. The molecule has 15 heavy (non-hydrogen) atoms. The zero-order chi connectivity index (χ0) is 10.7. The van der Waals surface area contributed by atoms with E-state index < -0.39 is 0 Å². The summed E-state index contributed by atoms with van der Waals surface area (Å²) in [5.74, 6) is 0.942. The van der Waals surface area contributed by atoms with Gasteiger partial charge in [0.05, 0.1) is 0 Å². The standard InChI is InChI=1S/C14H21N/c1-11-5-3-8-14(9-11)12(2)15-10-13-6-4-7-13/h3,5,8-9,12-13,15H,4,6-7,10H2,1-2H3. The molecule has 0 aliphatic heterocycles. The fourth-order valence-corrected chi connectivity index (χ4v) is 2.10. The lowest BCUT2D eigenvalue weighted by Gasteiger charge is -2.27. The third kappa shape index (κ3) is 2.82. The quantitative estimate of drug-likeness (QED) is 0.790. The molecule has 1 aromatic rings. The fraction of sp³-hybridized carbons (Fsp3) is 0.571. The summed E-state index contributed by atoms with van der Waals surface area (Å²) in [4.78, 5) is 0. The first kappa shape index (κ1) is 10.7. The Morgan fingerprint density at radius 1 is 1.40 bits per heavy atom. The van der Waals surface area contributed by atoms with Gasteiger partial charge >= 0.3 is 0 Å². The van der Waals surface area contributed by atoms with E-state index in [2.05, 4.69) is 43.4 Å². The molecule has 1 fully saturated rings. The maximum atomic E-state index is 3.63. The molecule has 0 bridgehead atoms. The van der Waals surface area contributed by atoms with Gasteiger partial charge in [0, 0.05) is 6.04 Å². The highest BCUT2D eigenvalue weighted by Crippen LogP contribution is 2.26. The monoisotopic (exact) mass is 203 g/mol. The summed E-state index contributed by atoms with van der Waals surface area (Å²) in [5.41, 5.74) is 2.76. The van der Waals surface area contributed by atoms with E-state index in [0.717, 1.165) is 5.92 Å². The normalized spacial score (nSPS) is 18.5. The first-order valence-corrected chi connectivity index (χ1v) is 6.05. The Morgan fingerprint density at radius 2 is 2.20 bits per heavy atom. The van der Waals surface area contributed by atoms with Gasteiger partial charge in [-0.25, -0.2) is 0 Å². The topological polar surface area (TPSA) is 12.0 Å². The maximum Gasteiger partial charge on any atom is 0.0292 e. The van der Waals surface area contributed by atoms with Crippen molar-refractivity contribution in [3.63, 3.8) is 0 Å². The van der Waals surface area contributed by atoms with Crippen LogP contribution in [0, 0.1) is 12.8 Å². The minimum Gasteiger partial charge on any atom is -0.310 e. The Morgan fingerprint density at radius 3 is 2.80 bits per heavy atom. The lowest BCUT2D eigenvalue weighted by atomic mass is 9.85. The van der Waals surface area contributed by atoms with Crippen LogP contribution in [0.4, 0.5) is 0 Å². The molecule has 1 aliphatic carbocycles. The van der Waals surface area contributed by atoms with Crippen molar-refractivity contribution in [1.82, 2.24) is 5.32 Å². The highest BCUT2D eigenvalue weighted by Gasteiger charge is 2.17. The van der Waals surface area contributed by atoms with Crippen LogP contribution in [0.25, 0.3) is 0 Å². The van der Waals surface area contributed by atoms with Crippen LogP contribution in [0.1, 0.15) is 43.4 Å². The van der Waals surface area contributed by atoms with Crippen molar-refractivity contribution in [1.29, 1.82) is 0 Å². The largest absolute Gasteiger partial charge is 0.310 e. The molecule has 1 unspecified atom stereocenters. The van der Waals surface area contributed by atoms with Crippen LogP contribution in [-0.2, 0) is 0 Å². The second-order valence-corrected chi connectivity index (χ2v) is 4.84. The summed E-state index contributed by atoms with van der Waals surface area (Å²) in [6.45, 7) is 5.60. The van der Waals surface area contributed by atoms with Crippen molar-refractivity contribution in [2.75, 3.05) is 6.54 Å². The SMILES string of the molecule is Cc1cccc(C(C)NCC2CCC2)c1. The molecule has 0 radical (unpaired) electrons. The molecule has 1 nitrogen and oxygen atoms in total. The fourth-order valence-electron chi connectivity index (χ4n) is 2.10. The first-order valence-electron chi connectivity index (χ1n) is 6.05. The average molecular weight is 203 g/mol. The number of aryl methyl sites for hydroxylation is 1. The smallest absolute Gasteiger partial charge is 0.0292 e. The predicted molar refractivity (Wildman–Crippen MR) is 64.9 cm³/mol. The van der Waals surface area contributed by atoms with Crippen LogP contribution in [0.15, 0.2) is 24.3 Å². The highest BCUT2D eigenvalue weighted by molar-refractivity contribution is 5.24. The van der Waals surface area contributed by atoms with Gasteiger partial charge in [-0.3, -0.25) is 0 Å². The maximum absolute atomic E-state index is 3.63. The van der Waals surface area contributed by atoms with Gasteiger partial charge in [-0.2, -0.15) is 0 Å². The van der Waals surface area contributed by atoms with Crippen molar-refractivity contribution >= 4 is 0 Å². The third-order valence-corrected chi connectivity index (χ3v) is 3.48. The summed E-state index contributed by atoms with van der Waals surface area (Å²) in [5, 5.41) is 3.63. The van der Waals surface area contributed by atoms with Gasteiger partial charge in [-0.1, -0.05) is 36.2 Å². The van der Waals surface area contributed by atoms with Crippen molar-refractivity contribution in [2.24, 2.45) is 5.92 Å². The van der Waals surface area contributed by atoms with Crippen LogP contribution in [0.3, 0.4) is 0 Å². The molecule has 2 rings (SSSR count). The average Bonchev–Trinajstić information content (AvgIpc) is 2.15. The van der Waals surface area contributed by atoms with Gasteiger partial charge in [-0.15, -0.1) is 0 Å². The summed E-state index contributed by atoms with van der Waals surface area (Å²) < 4.78 is 0. The molecular weight excluding hydrogens is 182 g/mol. The third-order valence-electron chi connectivity index (χ3n) is 3.48. The van der Waals surface area contributed by atoms with Gasteiger partial charge in [0.1, 0.15) is 0 Å². The molecule has 1 N–H and O–H groups in total.